The smallest absolute Gasteiger partial charge is 0.255 e. The van der Waals surface area contributed by atoms with Crippen molar-refractivity contribution in [2.45, 2.75) is 13.0 Å². The van der Waals surface area contributed by atoms with Crippen molar-refractivity contribution in [2.24, 2.45) is 0 Å². The van der Waals surface area contributed by atoms with Gasteiger partial charge in [-0.15, -0.1) is 0 Å². The quantitative estimate of drug-likeness (QED) is 0.742. The number of nitrogens with zero attached hydrogens (tertiary/aromatic N) is 2. The molecule has 1 amide bonds. The molecule has 0 bridgehead atoms. The van der Waals surface area contributed by atoms with Crippen molar-refractivity contribution >= 4 is 29.0 Å². The third kappa shape index (κ3) is 3.55. The summed E-state index contributed by atoms with van der Waals surface area (Å²) in [6.07, 6.45) is 2.72. The molecule has 0 saturated heterocycles. The van der Waals surface area contributed by atoms with E-state index >= 15 is 0 Å². The lowest BCUT2D eigenvalue weighted by atomic mass is 10.00. The number of aromatic nitrogens is 1. The molecule has 5 heteroatoms. The number of halogens is 1. The molecule has 1 aromatic heterocycles. The fourth-order valence-corrected chi connectivity index (χ4v) is 3.27. The summed E-state index contributed by atoms with van der Waals surface area (Å²) in [5.41, 5.74) is 3.99. The molecular weight excluding hydrogens is 346 g/mol. The van der Waals surface area contributed by atoms with Gasteiger partial charge in [-0.1, -0.05) is 35.9 Å². The summed E-state index contributed by atoms with van der Waals surface area (Å²) in [5.74, 6) is 0.743. The van der Waals surface area contributed by atoms with E-state index in [1.807, 2.05) is 12.1 Å². The van der Waals surface area contributed by atoms with Crippen molar-refractivity contribution in [3.8, 4) is 0 Å². The van der Waals surface area contributed by atoms with Gasteiger partial charge in [-0.2, -0.15) is 0 Å². The molecule has 0 radical (unpaired) electrons. The van der Waals surface area contributed by atoms with E-state index in [0.717, 1.165) is 25.3 Å². The Bertz CT molecular complexity index is 923. The zero-order valence-electron chi connectivity index (χ0n) is 14.2. The van der Waals surface area contributed by atoms with Gasteiger partial charge < -0.3 is 10.2 Å². The molecule has 26 heavy (non-hydrogen) atoms. The molecule has 2 heterocycles. The molecule has 130 valence electrons. The highest BCUT2D eigenvalue weighted by molar-refractivity contribution is 6.30. The predicted octanol–water partition coefficient (Wildman–Crippen LogP) is 4.55. The molecule has 0 aliphatic carbocycles. The van der Waals surface area contributed by atoms with Crippen molar-refractivity contribution in [3.63, 3.8) is 0 Å². The first-order chi connectivity index (χ1) is 12.7. The molecule has 4 rings (SSSR count). The van der Waals surface area contributed by atoms with Crippen LogP contribution in [0, 0.1) is 0 Å². The summed E-state index contributed by atoms with van der Waals surface area (Å²) in [6.45, 7) is 1.81. The molecular formula is C21H18ClN3O. The van der Waals surface area contributed by atoms with Gasteiger partial charge >= 0.3 is 0 Å². The van der Waals surface area contributed by atoms with Crippen molar-refractivity contribution in [1.29, 1.82) is 0 Å². The van der Waals surface area contributed by atoms with Crippen LogP contribution in [-0.2, 0) is 13.0 Å². The lowest BCUT2D eigenvalue weighted by Gasteiger charge is -2.29. The number of pyridine rings is 1. The molecule has 2 aromatic carbocycles. The molecule has 1 N–H and O–H groups in total. The summed E-state index contributed by atoms with van der Waals surface area (Å²) in [5, 5.41) is 3.47. The van der Waals surface area contributed by atoms with Crippen LogP contribution in [0.3, 0.4) is 0 Å². The second-order valence-corrected chi connectivity index (χ2v) is 6.74. The largest absolute Gasteiger partial charge is 0.352 e. The second-order valence-electron chi connectivity index (χ2n) is 6.31. The Hall–Kier alpha value is -2.85. The normalized spacial score (nSPS) is 13.2. The third-order valence-electron chi connectivity index (χ3n) is 4.57. The fourth-order valence-electron chi connectivity index (χ4n) is 3.14. The maximum absolute atomic E-state index is 12.3. The highest BCUT2D eigenvalue weighted by Gasteiger charge is 2.17. The van der Waals surface area contributed by atoms with E-state index in [1.54, 1.807) is 30.5 Å². The van der Waals surface area contributed by atoms with Crippen molar-refractivity contribution in [2.75, 3.05) is 16.8 Å². The van der Waals surface area contributed by atoms with Crippen LogP contribution in [0.4, 0.5) is 11.5 Å². The minimum absolute atomic E-state index is 0.178. The van der Waals surface area contributed by atoms with E-state index in [0.29, 0.717) is 16.3 Å². The molecule has 3 aromatic rings. The molecule has 0 fully saturated rings. The number of benzene rings is 2. The average Bonchev–Trinajstić information content (AvgIpc) is 2.68. The summed E-state index contributed by atoms with van der Waals surface area (Å²) >= 11 is 5.85. The summed E-state index contributed by atoms with van der Waals surface area (Å²) < 4.78 is 0. The van der Waals surface area contributed by atoms with E-state index < -0.39 is 0 Å². The second kappa shape index (κ2) is 7.18. The van der Waals surface area contributed by atoms with Gasteiger partial charge in [0.15, 0.2) is 0 Å². The molecule has 1 aliphatic rings. The summed E-state index contributed by atoms with van der Waals surface area (Å²) in [6, 6.07) is 19.2. The van der Waals surface area contributed by atoms with Gasteiger partial charge in [-0.3, -0.25) is 4.79 Å². The van der Waals surface area contributed by atoms with Gasteiger partial charge in [0.25, 0.3) is 5.91 Å². The van der Waals surface area contributed by atoms with Gasteiger partial charge in [0.2, 0.25) is 0 Å². The number of carbonyl (C=O) groups is 1. The predicted molar refractivity (Wildman–Crippen MR) is 105 cm³/mol. The van der Waals surface area contributed by atoms with E-state index in [9.17, 15) is 4.79 Å². The van der Waals surface area contributed by atoms with Crippen LogP contribution in [0.15, 0.2) is 66.9 Å². The molecule has 1 aliphatic heterocycles. The van der Waals surface area contributed by atoms with E-state index in [-0.39, 0.29) is 5.91 Å². The van der Waals surface area contributed by atoms with Crippen LogP contribution in [0.5, 0.6) is 0 Å². The molecule has 0 spiro atoms. The Labute approximate surface area is 157 Å². The molecule has 0 saturated carbocycles. The van der Waals surface area contributed by atoms with E-state index in [2.05, 4.69) is 39.5 Å². The highest BCUT2D eigenvalue weighted by Crippen LogP contribution is 2.23. The van der Waals surface area contributed by atoms with Crippen LogP contribution in [0.1, 0.15) is 21.5 Å². The number of anilines is 2. The van der Waals surface area contributed by atoms with Crippen LogP contribution in [0.2, 0.25) is 5.02 Å². The third-order valence-corrected chi connectivity index (χ3v) is 4.82. The first-order valence-electron chi connectivity index (χ1n) is 8.54. The number of carbonyl (C=O) groups excluding carboxylic acids is 1. The number of rotatable bonds is 3. The SMILES string of the molecule is O=C(Nc1ccc(N2CCc3ccccc3C2)nc1)c1ccc(Cl)cc1. The fraction of sp³-hybridized carbons (Fsp3) is 0.143. The van der Waals surface area contributed by atoms with Gasteiger partial charge in [0.1, 0.15) is 5.82 Å². The van der Waals surface area contributed by atoms with Gasteiger partial charge in [0.05, 0.1) is 11.9 Å². The van der Waals surface area contributed by atoms with E-state index in [1.165, 1.54) is 11.1 Å². The van der Waals surface area contributed by atoms with Crippen LogP contribution >= 0.6 is 11.6 Å². The number of hydrogen-bond acceptors (Lipinski definition) is 3. The van der Waals surface area contributed by atoms with Crippen molar-refractivity contribution < 1.29 is 4.79 Å². The van der Waals surface area contributed by atoms with Crippen LogP contribution in [-0.4, -0.2) is 17.4 Å². The maximum atomic E-state index is 12.3. The minimum atomic E-state index is -0.178. The standard InChI is InChI=1S/C21H18ClN3O/c22-18-7-5-16(6-8-18)21(26)24-19-9-10-20(23-13-19)25-12-11-15-3-1-2-4-17(15)14-25/h1-10,13H,11-12,14H2,(H,24,26). The lowest BCUT2D eigenvalue weighted by Crippen LogP contribution is -2.30. The Morgan fingerprint density at radius 3 is 2.50 bits per heavy atom. The molecule has 4 nitrogen and oxygen atoms in total. The highest BCUT2D eigenvalue weighted by atomic mass is 35.5. The summed E-state index contributed by atoms with van der Waals surface area (Å²) in [7, 11) is 0. The molecule has 0 atom stereocenters. The Morgan fingerprint density at radius 2 is 1.77 bits per heavy atom. The van der Waals surface area contributed by atoms with Crippen LogP contribution < -0.4 is 10.2 Å². The average molecular weight is 364 g/mol. The first-order valence-corrected chi connectivity index (χ1v) is 8.91. The van der Waals surface area contributed by atoms with Gasteiger partial charge in [-0.25, -0.2) is 4.98 Å². The topological polar surface area (TPSA) is 45.2 Å². The van der Waals surface area contributed by atoms with Crippen molar-refractivity contribution in [3.05, 3.63) is 88.6 Å². The monoisotopic (exact) mass is 363 g/mol. The number of hydrogen-bond donors (Lipinski definition) is 1. The van der Waals surface area contributed by atoms with E-state index in [4.69, 9.17) is 11.6 Å². The van der Waals surface area contributed by atoms with Gasteiger partial charge in [-0.05, 0) is 53.9 Å². The Morgan fingerprint density at radius 1 is 1.00 bits per heavy atom. The Kier molecular flexibility index (Phi) is 4.59. The van der Waals surface area contributed by atoms with Gasteiger partial charge in [0, 0.05) is 23.7 Å². The summed E-state index contributed by atoms with van der Waals surface area (Å²) in [4.78, 5) is 19.0. The maximum Gasteiger partial charge on any atom is 0.255 e. The molecule has 0 unspecified atom stereocenters. The van der Waals surface area contributed by atoms with Crippen molar-refractivity contribution in [1.82, 2.24) is 4.98 Å². The number of amides is 1. The number of nitrogens with one attached hydrogen (secondary N) is 1. The number of fused-ring (bicyclic) bond motifs is 1. The minimum Gasteiger partial charge on any atom is -0.352 e. The zero-order chi connectivity index (χ0) is 17.9. The zero-order valence-corrected chi connectivity index (χ0v) is 14.9. The lowest BCUT2D eigenvalue weighted by molar-refractivity contribution is 0.102. The first kappa shape index (κ1) is 16.6. The van der Waals surface area contributed by atoms with Crippen LogP contribution in [0.25, 0.3) is 0 Å². The Balaban J connectivity index is 1.44.